The number of nitrogens with zero attached hydrogens (tertiary/aromatic N) is 2. The highest BCUT2D eigenvalue weighted by molar-refractivity contribution is 7.07. The average molecular weight is 489 g/mol. The molecule has 0 amide bonds. The quantitative estimate of drug-likeness (QED) is 0.527. The van der Waals surface area contributed by atoms with E-state index in [0.29, 0.717) is 26.4 Å². The molecule has 2 aliphatic heterocycles. The first-order chi connectivity index (χ1) is 16.9. The van der Waals surface area contributed by atoms with Crippen molar-refractivity contribution >= 4 is 29.5 Å². The normalized spacial score (nSPS) is 19.2. The molecular weight excluding hydrogens is 464 g/mol. The molecule has 2 aromatic carbocycles. The highest BCUT2D eigenvalue weighted by Crippen LogP contribution is 2.32. The van der Waals surface area contributed by atoms with Gasteiger partial charge in [0.25, 0.3) is 5.56 Å². The summed E-state index contributed by atoms with van der Waals surface area (Å²) in [5.74, 6) is 0.978. The third kappa shape index (κ3) is 4.00. The Morgan fingerprint density at radius 1 is 1.14 bits per heavy atom. The van der Waals surface area contributed by atoms with E-state index < -0.39 is 12.0 Å². The smallest absolute Gasteiger partial charge is 0.338 e. The van der Waals surface area contributed by atoms with Crippen LogP contribution in [0.3, 0.4) is 0 Å². The predicted molar refractivity (Wildman–Crippen MR) is 134 cm³/mol. The van der Waals surface area contributed by atoms with Crippen LogP contribution >= 0.6 is 11.3 Å². The molecule has 0 spiro atoms. The van der Waals surface area contributed by atoms with Crippen molar-refractivity contribution in [2.24, 2.45) is 4.99 Å². The molecule has 0 N–H and O–H groups in total. The number of methoxy groups -OCH3 is 2. The molecule has 35 heavy (non-hydrogen) atoms. The van der Waals surface area contributed by atoms with Crippen molar-refractivity contribution in [2.75, 3.05) is 14.2 Å². The van der Waals surface area contributed by atoms with Crippen LogP contribution in [0.4, 0.5) is 0 Å². The summed E-state index contributed by atoms with van der Waals surface area (Å²) < 4.78 is 18.5. The largest absolute Gasteiger partial charge is 0.497 e. The van der Waals surface area contributed by atoms with Gasteiger partial charge in [-0.15, -0.1) is 0 Å². The fraction of sp³-hybridized carbons (Fsp3) is 0.222. The minimum absolute atomic E-state index is 0.215. The number of aromatic nitrogens is 1. The summed E-state index contributed by atoms with van der Waals surface area (Å²) in [6, 6.07) is 14.4. The Bertz CT molecular complexity index is 1560. The third-order valence-corrected chi connectivity index (χ3v) is 7.15. The summed E-state index contributed by atoms with van der Waals surface area (Å²) in [4.78, 5) is 31.6. The zero-order chi connectivity index (χ0) is 24.7. The first-order valence-corrected chi connectivity index (χ1v) is 11.9. The molecule has 178 valence electrons. The summed E-state index contributed by atoms with van der Waals surface area (Å²) >= 11 is 1.29. The van der Waals surface area contributed by atoms with Gasteiger partial charge in [0.15, 0.2) is 4.80 Å². The Kier molecular flexibility index (Phi) is 5.90. The number of fused-ring (bicyclic) bond motifs is 2. The van der Waals surface area contributed by atoms with E-state index in [4.69, 9.17) is 14.2 Å². The van der Waals surface area contributed by atoms with Crippen LogP contribution in [-0.4, -0.2) is 30.9 Å². The van der Waals surface area contributed by atoms with E-state index in [9.17, 15) is 9.59 Å². The number of allylic oxidation sites excluding steroid dienone is 1. The van der Waals surface area contributed by atoms with Gasteiger partial charge in [-0.3, -0.25) is 9.36 Å². The molecule has 1 aromatic heterocycles. The fourth-order valence-electron chi connectivity index (χ4n) is 4.37. The lowest BCUT2D eigenvalue weighted by Crippen LogP contribution is -2.40. The van der Waals surface area contributed by atoms with E-state index in [0.717, 1.165) is 22.4 Å². The molecular formula is C27H24N2O5S. The van der Waals surface area contributed by atoms with Crippen molar-refractivity contribution in [3.8, 4) is 11.5 Å². The molecule has 3 heterocycles. The topological polar surface area (TPSA) is 79.1 Å². The van der Waals surface area contributed by atoms with Gasteiger partial charge < -0.3 is 14.2 Å². The highest BCUT2D eigenvalue weighted by atomic mass is 32.1. The van der Waals surface area contributed by atoms with Crippen LogP contribution in [-0.2, 0) is 9.53 Å². The van der Waals surface area contributed by atoms with Crippen LogP contribution < -0.4 is 24.4 Å². The van der Waals surface area contributed by atoms with E-state index in [1.54, 1.807) is 30.7 Å². The Labute approximate surface area is 205 Å². The number of rotatable bonds is 4. The summed E-state index contributed by atoms with van der Waals surface area (Å²) in [7, 11) is 2.92. The number of hydrogen-bond donors (Lipinski definition) is 0. The molecule has 5 rings (SSSR count). The number of ether oxygens (including phenoxy) is 3. The molecule has 0 radical (unpaired) electrons. The Hall–Kier alpha value is -3.91. The number of esters is 1. The SMILES string of the molecule is COC(=O)C1=C(C)N=c2s/c(=C/C3=Cc4ccccc4O[C@H]3C)c(=O)n2[C@@H]1c1ccc(OC)cc1. The second-order valence-electron chi connectivity index (χ2n) is 8.29. The Morgan fingerprint density at radius 3 is 2.60 bits per heavy atom. The van der Waals surface area contributed by atoms with E-state index in [1.807, 2.05) is 55.5 Å². The second kappa shape index (κ2) is 9.03. The molecule has 0 unspecified atom stereocenters. The maximum Gasteiger partial charge on any atom is 0.338 e. The molecule has 7 nitrogen and oxygen atoms in total. The second-order valence-corrected chi connectivity index (χ2v) is 9.30. The highest BCUT2D eigenvalue weighted by Gasteiger charge is 2.33. The lowest BCUT2D eigenvalue weighted by atomic mass is 9.96. The summed E-state index contributed by atoms with van der Waals surface area (Å²) in [5, 5.41) is 0. The van der Waals surface area contributed by atoms with Crippen molar-refractivity contribution in [1.82, 2.24) is 4.57 Å². The number of hydrogen-bond acceptors (Lipinski definition) is 7. The summed E-state index contributed by atoms with van der Waals surface area (Å²) in [5.41, 5.74) is 3.24. The maximum atomic E-state index is 13.7. The summed E-state index contributed by atoms with van der Waals surface area (Å²) in [6.07, 6.45) is 3.67. The number of para-hydroxylation sites is 1. The minimum atomic E-state index is -0.665. The third-order valence-electron chi connectivity index (χ3n) is 6.17. The van der Waals surface area contributed by atoms with Crippen LogP contribution in [0.5, 0.6) is 11.5 Å². The Morgan fingerprint density at radius 2 is 1.89 bits per heavy atom. The number of carbonyl (C=O) groups is 1. The standard InChI is InChI=1S/C27H24N2O5S/c1-15-23(26(31)33-4)24(17-9-11-20(32-3)12-10-17)29-25(30)22(35-27(29)28-15)14-19-13-18-7-5-6-8-21(18)34-16(19)2/h5-14,16,24H,1-4H3/b22-14+/t16-,24+/m0/s1. The molecule has 8 heteroatoms. The zero-order valence-corrected chi connectivity index (χ0v) is 20.6. The molecule has 0 fully saturated rings. The fourth-order valence-corrected chi connectivity index (χ4v) is 5.41. The van der Waals surface area contributed by atoms with Gasteiger partial charge in [-0.05, 0) is 55.3 Å². The maximum absolute atomic E-state index is 13.7. The van der Waals surface area contributed by atoms with Gasteiger partial charge >= 0.3 is 5.97 Å². The van der Waals surface area contributed by atoms with Gasteiger partial charge in [0, 0.05) is 5.56 Å². The molecule has 2 aliphatic rings. The number of thiazole rings is 1. The number of benzene rings is 2. The molecule has 3 aromatic rings. The molecule has 0 bridgehead atoms. The van der Waals surface area contributed by atoms with Gasteiger partial charge in [-0.1, -0.05) is 41.7 Å². The lowest BCUT2D eigenvalue weighted by molar-refractivity contribution is -0.136. The van der Waals surface area contributed by atoms with Crippen molar-refractivity contribution in [3.63, 3.8) is 0 Å². The average Bonchev–Trinajstić information content (AvgIpc) is 3.17. The molecule has 0 saturated carbocycles. The van der Waals surface area contributed by atoms with Crippen LogP contribution in [0, 0.1) is 0 Å². The van der Waals surface area contributed by atoms with Gasteiger partial charge in [0.2, 0.25) is 0 Å². The van der Waals surface area contributed by atoms with Crippen molar-refractivity contribution < 1.29 is 19.0 Å². The van der Waals surface area contributed by atoms with E-state index in [2.05, 4.69) is 4.99 Å². The Balaban J connectivity index is 1.69. The molecule has 0 aliphatic carbocycles. The van der Waals surface area contributed by atoms with Crippen LogP contribution in [0.1, 0.15) is 31.0 Å². The van der Waals surface area contributed by atoms with Gasteiger partial charge in [-0.25, -0.2) is 9.79 Å². The monoisotopic (exact) mass is 488 g/mol. The van der Waals surface area contributed by atoms with Crippen LogP contribution in [0.25, 0.3) is 12.2 Å². The van der Waals surface area contributed by atoms with Crippen molar-refractivity contribution in [2.45, 2.75) is 26.0 Å². The predicted octanol–water partition coefficient (Wildman–Crippen LogP) is 3.23. The zero-order valence-electron chi connectivity index (χ0n) is 19.8. The van der Waals surface area contributed by atoms with Crippen molar-refractivity contribution in [1.29, 1.82) is 0 Å². The van der Waals surface area contributed by atoms with Crippen LogP contribution in [0.15, 0.2) is 75.2 Å². The number of carbonyl (C=O) groups excluding carboxylic acids is 1. The lowest BCUT2D eigenvalue weighted by Gasteiger charge is -2.24. The van der Waals surface area contributed by atoms with Gasteiger partial charge in [-0.2, -0.15) is 0 Å². The van der Waals surface area contributed by atoms with E-state index in [-0.39, 0.29) is 11.7 Å². The first kappa shape index (κ1) is 22.9. The van der Waals surface area contributed by atoms with E-state index in [1.165, 1.54) is 18.4 Å². The van der Waals surface area contributed by atoms with Gasteiger partial charge in [0.05, 0.1) is 36.1 Å². The van der Waals surface area contributed by atoms with E-state index >= 15 is 0 Å². The van der Waals surface area contributed by atoms with Crippen molar-refractivity contribution in [3.05, 3.63) is 96.2 Å². The summed E-state index contributed by atoms with van der Waals surface area (Å²) in [6.45, 7) is 3.71. The first-order valence-electron chi connectivity index (χ1n) is 11.1. The molecule has 0 saturated heterocycles. The van der Waals surface area contributed by atoms with Crippen LogP contribution in [0.2, 0.25) is 0 Å². The molecule has 2 atom stereocenters. The minimum Gasteiger partial charge on any atom is -0.497 e. The van der Waals surface area contributed by atoms with Gasteiger partial charge in [0.1, 0.15) is 17.6 Å².